The monoisotopic (exact) mass is 545 g/mol. The minimum Gasteiger partial charge on any atom is -0.350 e. The van der Waals surface area contributed by atoms with Crippen molar-refractivity contribution in [2.45, 2.75) is 39.7 Å². The first-order valence-corrected chi connectivity index (χ1v) is 13.1. The van der Waals surface area contributed by atoms with E-state index in [0.29, 0.717) is 43.1 Å². The van der Waals surface area contributed by atoms with Crippen LogP contribution in [0.5, 0.6) is 0 Å². The predicted octanol–water partition coefficient (Wildman–Crippen LogP) is 4.00. The molecule has 0 radical (unpaired) electrons. The van der Waals surface area contributed by atoms with E-state index in [-0.39, 0.29) is 40.1 Å². The number of aromatic nitrogens is 5. The van der Waals surface area contributed by atoms with E-state index in [2.05, 4.69) is 26.5 Å². The first-order valence-electron chi connectivity index (χ1n) is 13.1. The normalized spacial score (nSPS) is 15.5. The quantitative estimate of drug-likeness (QED) is 0.338. The van der Waals surface area contributed by atoms with Crippen molar-refractivity contribution in [3.63, 3.8) is 0 Å². The van der Waals surface area contributed by atoms with E-state index in [1.54, 1.807) is 17.9 Å². The lowest BCUT2D eigenvalue weighted by Gasteiger charge is -2.40. The molecule has 1 fully saturated rings. The summed E-state index contributed by atoms with van der Waals surface area (Å²) in [6.07, 6.45) is 4.02. The van der Waals surface area contributed by atoms with E-state index in [4.69, 9.17) is 0 Å². The summed E-state index contributed by atoms with van der Waals surface area (Å²) in [5, 5.41) is 0.276. The van der Waals surface area contributed by atoms with Gasteiger partial charge in [0, 0.05) is 31.2 Å². The molecule has 9 nitrogen and oxygen atoms in total. The zero-order chi connectivity index (χ0) is 28.6. The minimum atomic E-state index is -0.756. The summed E-state index contributed by atoms with van der Waals surface area (Å²) >= 11 is 0. The smallest absolute Gasteiger partial charge is 0.350 e. The second-order valence-corrected chi connectivity index (χ2v) is 9.76. The van der Waals surface area contributed by atoms with E-state index >= 15 is 4.39 Å². The van der Waals surface area contributed by atoms with Gasteiger partial charge in [-0.05, 0) is 44.5 Å². The maximum absolute atomic E-state index is 15.7. The summed E-state index contributed by atoms with van der Waals surface area (Å²) in [7, 11) is 0. The highest BCUT2D eigenvalue weighted by molar-refractivity contribution is 5.91. The fourth-order valence-electron chi connectivity index (χ4n) is 5.20. The SMILES string of the molecule is C=CC(=O)N1CCN(c2nc(=O)n(-c3c(C)ncnc3CCC)c3nc(-c4ccccc4F)c(F)cc23)[C@@H](C)C1. The lowest BCUT2D eigenvalue weighted by atomic mass is 10.1. The lowest BCUT2D eigenvalue weighted by molar-refractivity contribution is -0.126. The van der Waals surface area contributed by atoms with Crippen molar-refractivity contribution in [3.05, 3.63) is 82.8 Å². The number of benzene rings is 1. The topological polar surface area (TPSA) is 97.1 Å². The van der Waals surface area contributed by atoms with Crippen LogP contribution in [0.15, 0.2) is 54.1 Å². The molecule has 0 unspecified atom stereocenters. The summed E-state index contributed by atoms with van der Waals surface area (Å²) in [5.74, 6) is -1.34. The van der Waals surface area contributed by atoms with Crippen LogP contribution in [0.1, 0.15) is 31.7 Å². The van der Waals surface area contributed by atoms with Crippen LogP contribution in [0.3, 0.4) is 0 Å². The van der Waals surface area contributed by atoms with Crippen LogP contribution in [-0.4, -0.2) is 61.0 Å². The van der Waals surface area contributed by atoms with Gasteiger partial charge in [0.05, 0.1) is 22.5 Å². The molecule has 3 aromatic heterocycles. The molecule has 1 atom stereocenters. The molecule has 0 spiro atoms. The third kappa shape index (κ3) is 4.72. The van der Waals surface area contributed by atoms with E-state index in [9.17, 15) is 14.0 Å². The van der Waals surface area contributed by atoms with Gasteiger partial charge in [-0.2, -0.15) is 4.98 Å². The van der Waals surface area contributed by atoms with Gasteiger partial charge in [0.25, 0.3) is 0 Å². The highest BCUT2D eigenvalue weighted by atomic mass is 19.1. The zero-order valence-corrected chi connectivity index (χ0v) is 22.6. The molecule has 1 amide bonds. The highest BCUT2D eigenvalue weighted by Crippen LogP contribution is 2.33. The molecule has 0 bridgehead atoms. The molecule has 1 saturated heterocycles. The number of aryl methyl sites for hydroxylation is 2. The Bertz CT molecular complexity index is 1690. The summed E-state index contributed by atoms with van der Waals surface area (Å²) in [6, 6.07) is 6.77. The Morgan fingerprint density at radius 2 is 1.93 bits per heavy atom. The summed E-state index contributed by atoms with van der Waals surface area (Å²) in [4.78, 5) is 47.2. The number of hydrogen-bond acceptors (Lipinski definition) is 7. The molecule has 0 saturated carbocycles. The number of hydrogen-bond donors (Lipinski definition) is 0. The Hall–Kier alpha value is -4.54. The number of fused-ring (bicyclic) bond motifs is 1. The third-order valence-electron chi connectivity index (χ3n) is 7.11. The molecular weight excluding hydrogens is 516 g/mol. The molecule has 1 aliphatic heterocycles. The van der Waals surface area contributed by atoms with Crippen LogP contribution in [0.2, 0.25) is 0 Å². The number of carbonyl (C=O) groups excluding carboxylic acids is 1. The number of pyridine rings is 1. The van der Waals surface area contributed by atoms with E-state index < -0.39 is 17.3 Å². The summed E-state index contributed by atoms with van der Waals surface area (Å²) in [5.41, 5.74) is 0.786. The Kier molecular flexibility index (Phi) is 7.38. The average Bonchev–Trinajstić information content (AvgIpc) is 2.94. The first-order chi connectivity index (χ1) is 19.2. The fourth-order valence-corrected chi connectivity index (χ4v) is 5.20. The Morgan fingerprint density at radius 3 is 2.62 bits per heavy atom. The first kappa shape index (κ1) is 27.0. The van der Waals surface area contributed by atoms with E-state index in [1.807, 2.05) is 18.7 Å². The molecule has 206 valence electrons. The Balaban J connectivity index is 1.80. The lowest BCUT2D eigenvalue weighted by Crippen LogP contribution is -2.54. The standard InChI is InChI=1S/C29H29F2N7O2/c1-5-9-23-26(18(4)32-16-33-23)38-28-20(14-22(31)25(34-28)19-10-7-8-11-21(19)30)27(35-29(38)40)37-13-12-36(15-17(37)3)24(39)6-2/h6-8,10-11,14,16-17H,2,5,9,12-13,15H2,1,3-4H3/t17-/m0/s1. The molecule has 0 N–H and O–H groups in total. The average molecular weight is 546 g/mol. The summed E-state index contributed by atoms with van der Waals surface area (Å²) < 4.78 is 31.8. The van der Waals surface area contributed by atoms with Crippen LogP contribution in [-0.2, 0) is 11.2 Å². The van der Waals surface area contributed by atoms with Crippen molar-refractivity contribution in [1.82, 2.24) is 29.4 Å². The second kappa shape index (κ2) is 10.9. The van der Waals surface area contributed by atoms with Gasteiger partial charge in [0.15, 0.2) is 5.65 Å². The number of anilines is 1. The molecule has 1 aliphatic rings. The largest absolute Gasteiger partial charge is 0.355 e. The molecule has 4 heterocycles. The number of halogens is 2. The maximum atomic E-state index is 15.7. The van der Waals surface area contributed by atoms with Crippen molar-refractivity contribution in [1.29, 1.82) is 0 Å². The van der Waals surface area contributed by atoms with Gasteiger partial charge in [0.2, 0.25) is 5.91 Å². The van der Waals surface area contributed by atoms with Crippen molar-refractivity contribution in [2.24, 2.45) is 0 Å². The van der Waals surface area contributed by atoms with Gasteiger partial charge in [-0.1, -0.05) is 32.1 Å². The van der Waals surface area contributed by atoms with Crippen LogP contribution in [0, 0.1) is 18.6 Å². The van der Waals surface area contributed by atoms with Crippen LogP contribution >= 0.6 is 0 Å². The van der Waals surface area contributed by atoms with E-state index in [0.717, 1.165) is 6.42 Å². The minimum absolute atomic E-state index is 0.0287. The summed E-state index contributed by atoms with van der Waals surface area (Å²) in [6.45, 7) is 10.3. The molecule has 40 heavy (non-hydrogen) atoms. The predicted molar refractivity (Wildman–Crippen MR) is 148 cm³/mol. The van der Waals surface area contributed by atoms with Gasteiger partial charge < -0.3 is 9.80 Å². The van der Waals surface area contributed by atoms with Crippen molar-refractivity contribution < 1.29 is 13.6 Å². The third-order valence-corrected chi connectivity index (χ3v) is 7.11. The number of rotatable bonds is 6. The molecule has 11 heteroatoms. The fraction of sp³-hybridized carbons (Fsp3) is 0.310. The van der Waals surface area contributed by atoms with Crippen molar-refractivity contribution >= 4 is 22.8 Å². The van der Waals surface area contributed by atoms with Gasteiger partial charge in [0.1, 0.15) is 29.5 Å². The van der Waals surface area contributed by atoms with Gasteiger partial charge >= 0.3 is 5.69 Å². The van der Waals surface area contributed by atoms with Crippen molar-refractivity contribution in [3.8, 4) is 16.9 Å². The molecule has 1 aromatic carbocycles. The van der Waals surface area contributed by atoms with Crippen LogP contribution in [0.25, 0.3) is 28.0 Å². The molecular formula is C29H29F2N7O2. The number of carbonyl (C=O) groups is 1. The second-order valence-electron chi connectivity index (χ2n) is 9.76. The highest BCUT2D eigenvalue weighted by Gasteiger charge is 2.30. The molecule has 0 aliphatic carbocycles. The zero-order valence-electron chi connectivity index (χ0n) is 22.6. The number of piperazine rings is 1. The maximum Gasteiger partial charge on any atom is 0.355 e. The Morgan fingerprint density at radius 1 is 1.15 bits per heavy atom. The number of nitrogens with zero attached hydrogens (tertiary/aromatic N) is 7. The number of amides is 1. The Labute approximate surface area is 229 Å². The van der Waals surface area contributed by atoms with Crippen molar-refractivity contribution in [2.75, 3.05) is 24.5 Å². The molecule has 4 aromatic rings. The van der Waals surface area contributed by atoms with Crippen LogP contribution < -0.4 is 10.6 Å². The van der Waals surface area contributed by atoms with Gasteiger partial charge in [-0.25, -0.2) is 33.1 Å². The van der Waals surface area contributed by atoms with Gasteiger partial charge in [-0.3, -0.25) is 4.79 Å². The molecule has 5 rings (SSSR count). The van der Waals surface area contributed by atoms with Crippen LogP contribution in [0.4, 0.5) is 14.6 Å². The van der Waals surface area contributed by atoms with Gasteiger partial charge in [-0.15, -0.1) is 0 Å². The van der Waals surface area contributed by atoms with E-state index in [1.165, 1.54) is 41.2 Å².